The highest BCUT2D eigenvalue weighted by Gasteiger charge is 1.97. The van der Waals surface area contributed by atoms with E-state index in [1.54, 1.807) is 16.4 Å². The molecule has 1 aromatic rings. The fourth-order valence-electron chi connectivity index (χ4n) is 0.575. The van der Waals surface area contributed by atoms with Crippen molar-refractivity contribution in [3.63, 3.8) is 0 Å². The third-order valence-corrected chi connectivity index (χ3v) is 2.23. The molecule has 0 unspecified atom stereocenters. The van der Waals surface area contributed by atoms with E-state index in [0.29, 0.717) is 0 Å². The van der Waals surface area contributed by atoms with Gasteiger partial charge >= 0.3 is 0 Å². The Bertz CT molecular complexity index is 246. The Hall–Kier alpha value is -0.480. The van der Waals surface area contributed by atoms with Gasteiger partial charge in [-0.3, -0.25) is 0 Å². The summed E-state index contributed by atoms with van der Waals surface area (Å²) in [5.41, 5.74) is 1.50. The van der Waals surface area contributed by atoms with E-state index in [2.05, 4.69) is 10.1 Å². The van der Waals surface area contributed by atoms with Gasteiger partial charge < -0.3 is 0 Å². The maximum absolute atomic E-state index is 5.34. The average Bonchev–Trinajstić information content (AvgIpc) is 2.37. The topological polar surface area (TPSA) is 30.7 Å². The van der Waals surface area contributed by atoms with Crippen molar-refractivity contribution < 1.29 is 0 Å². The average molecular weight is 190 g/mol. The molecule has 0 spiro atoms. The zero-order valence-corrected chi connectivity index (χ0v) is 7.64. The van der Waals surface area contributed by atoms with Crippen LogP contribution in [0.5, 0.6) is 0 Å². The quantitative estimate of drug-likeness (QED) is 0.678. The van der Waals surface area contributed by atoms with Crippen molar-refractivity contribution in [1.82, 2.24) is 14.8 Å². The van der Waals surface area contributed by atoms with E-state index >= 15 is 0 Å². The first-order valence-corrected chi connectivity index (χ1v) is 4.49. The van der Waals surface area contributed by atoms with E-state index in [-0.39, 0.29) is 0 Å². The first-order valence-electron chi connectivity index (χ1n) is 3.06. The Balaban J connectivity index is 2.44. The molecule has 0 saturated heterocycles. The lowest BCUT2D eigenvalue weighted by Gasteiger charge is -1.94. The van der Waals surface area contributed by atoms with Gasteiger partial charge in [-0.15, -0.1) is 0 Å². The largest absolute Gasteiger partial charge is 0.244 e. The van der Waals surface area contributed by atoms with Gasteiger partial charge in [0.05, 0.1) is 0 Å². The number of thioether (sulfide) groups is 1. The molecule has 0 N–H and O–H groups in total. The molecule has 1 rings (SSSR count). The normalized spacial score (nSPS) is 11.1. The molecule has 0 aliphatic rings. The molecule has 0 radical (unpaired) electrons. The van der Waals surface area contributed by atoms with Crippen LogP contribution in [0.2, 0.25) is 0 Å². The molecule has 0 saturated carbocycles. The predicted molar refractivity (Wildman–Crippen MR) is 46.7 cm³/mol. The molecule has 0 fully saturated rings. The summed E-state index contributed by atoms with van der Waals surface area (Å²) in [6.07, 6.45) is 3.40. The second-order valence-corrected chi connectivity index (χ2v) is 3.08. The van der Waals surface area contributed by atoms with Gasteiger partial charge in [0.15, 0.2) is 5.16 Å². The highest BCUT2D eigenvalue weighted by atomic mass is 35.5. The minimum Gasteiger partial charge on any atom is -0.244 e. The summed E-state index contributed by atoms with van der Waals surface area (Å²) in [5, 5.41) is 4.83. The predicted octanol–water partition coefficient (Wildman–Crippen LogP) is 1.66. The van der Waals surface area contributed by atoms with Crippen molar-refractivity contribution in [2.45, 2.75) is 5.16 Å². The zero-order valence-electron chi connectivity index (χ0n) is 6.07. The van der Waals surface area contributed by atoms with Gasteiger partial charge in [0.1, 0.15) is 6.33 Å². The van der Waals surface area contributed by atoms with Crippen molar-refractivity contribution in [3.05, 3.63) is 17.9 Å². The van der Waals surface area contributed by atoms with E-state index < -0.39 is 0 Å². The molecule has 0 aliphatic heterocycles. The lowest BCUT2D eigenvalue weighted by atomic mass is 10.8. The Kier molecular flexibility index (Phi) is 3.45. The number of aryl methyl sites for hydroxylation is 1. The number of hydrogen-bond acceptors (Lipinski definition) is 3. The van der Waals surface area contributed by atoms with E-state index in [0.717, 1.165) is 10.9 Å². The molecule has 0 bridgehead atoms. The van der Waals surface area contributed by atoms with Crippen LogP contribution < -0.4 is 0 Å². The molecule has 0 aromatic carbocycles. The van der Waals surface area contributed by atoms with Gasteiger partial charge in [0, 0.05) is 18.3 Å². The summed E-state index contributed by atoms with van der Waals surface area (Å²) >= 11 is 6.94. The van der Waals surface area contributed by atoms with Gasteiger partial charge in [-0.25, -0.2) is 9.67 Å². The first-order chi connectivity index (χ1) is 5.34. The summed E-state index contributed by atoms with van der Waals surface area (Å²) in [6, 6.07) is 0. The number of aromatic nitrogens is 3. The first kappa shape index (κ1) is 8.62. The van der Waals surface area contributed by atoms with Crippen LogP contribution in [0.1, 0.15) is 0 Å². The molecule has 1 aromatic heterocycles. The molecular weight excluding hydrogens is 182 g/mol. The lowest BCUT2D eigenvalue weighted by molar-refractivity contribution is 0.685. The van der Waals surface area contributed by atoms with Crippen molar-refractivity contribution in [3.8, 4) is 0 Å². The molecule has 0 amide bonds. The van der Waals surface area contributed by atoms with E-state index in [1.807, 2.05) is 13.1 Å². The van der Waals surface area contributed by atoms with Crippen LogP contribution in [0.4, 0.5) is 0 Å². The SMILES string of the molecule is Cn1ncnc1SC/C=C/Cl. The van der Waals surface area contributed by atoms with Crippen LogP contribution in [0.25, 0.3) is 0 Å². The fraction of sp³-hybridized carbons (Fsp3) is 0.333. The maximum Gasteiger partial charge on any atom is 0.186 e. The lowest BCUT2D eigenvalue weighted by Crippen LogP contribution is -1.92. The molecule has 11 heavy (non-hydrogen) atoms. The van der Waals surface area contributed by atoms with Crippen molar-refractivity contribution in [2.24, 2.45) is 7.05 Å². The summed E-state index contributed by atoms with van der Waals surface area (Å²) < 4.78 is 1.73. The van der Waals surface area contributed by atoms with Crippen LogP contribution in [0, 0.1) is 0 Å². The van der Waals surface area contributed by atoms with E-state index in [9.17, 15) is 0 Å². The fourth-order valence-corrected chi connectivity index (χ4v) is 1.47. The van der Waals surface area contributed by atoms with Crippen molar-refractivity contribution in [1.29, 1.82) is 0 Å². The molecule has 3 nitrogen and oxygen atoms in total. The Morgan fingerprint density at radius 2 is 2.64 bits per heavy atom. The number of hydrogen-bond donors (Lipinski definition) is 0. The Morgan fingerprint density at radius 3 is 3.18 bits per heavy atom. The highest BCUT2D eigenvalue weighted by Crippen LogP contribution is 2.12. The minimum absolute atomic E-state index is 0.829. The summed E-state index contributed by atoms with van der Waals surface area (Å²) in [5.74, 6) is 0.829. The van der Waals surface area contributed by atoms with Gasteiger partial charge in [-0.05, 0) is 0 Å². The van der Waals surface area contributed by atoms with Gasteiger partial charge in [-0.2, -0.15) is 5.10 Å². The van der Waals surface area contributed by atoms with Crippen LogP contribution in [0.3, 0.4) is 0 Å². The number of halogens is 1. The van der Waals surface area contributed by atoms with Crippen LogP contribution in [-0.2, 0) is 7.05 Å². The van der Waals surface area contributed by atoms with Crippen LogP contribution >= 0.6 is 23.4 Å². The Morgan fingerprint density at radius 1 is 1.82 bits per heavy atom. The van der Waals surface area contributed by atoms with Gasteiger partial charge in [0.25, 0.3) is 0 Å². The number of rotatable bonds is 3. The molecule has 1 heterocycles. The van der Waals surface area contributed by atoms with E-state index in [4.69, 9.17) is 11.6 Å². The maximum atomic E-state index is 5.34. The standard InChI is InChI=1S/C6H8ClN3S/c1-10-6(8-5-9-10)11-4-2-3-7/h2-3,5H,4H2,1H3/b3-2+. The van der Waals surface area contributed by atoms with Crippen LogP contribution in [0.15, 0.2) is 23.1 Å². The van der Waals surface area contributed by atoms with Crippen LogP contribution in [-0.4, -0.2) is 20.5 Å². The molecule has 0 atom stereocenters. The molecular formula is C6H8ClN3S. The Labute approximate surface area is 74.5 Å². The summed E-state index contributed by atoms with van der Waals surface area (Å²) in [6.45, 7) is 0. The zero-order chi connectivity index (χ0) is 8.10. The van der Waals surface area contributed by atoms with Gasteiger partial charge in [0.2, 0.25) is 0 Å². The smallest absolute Gasteiger partial charge is 0.186 e. The van der Waals surface area contributed by atoms with Gasteiger partial charge in [-0.1, -0.05) is 29.4 Å². The third kappa shape index (κ3) is 2.55. The monoisotopic (exact) mass is 189 g/mol. The molecule has 5 heteroatoms. The third-order valence-electron chi connectivity index (χ3n) is 1.07. The van der Waals surface area contributed by atoms with Crippen molar-refractivity contribution >= 4 is 23.4 Å². The number of nitrogens with zero attached hydrogens (tertiary/aromatic N) is 3. The molecule has 0 aliphatic carbocycles. The second-order valence-electron chi connectivity index (χ2n) is 1.84. The second kappa shape index (κ2) is 4.41. The van der Waals surface area contributed by atoms with Crippen molar-refractivity contribution in [2.75, 3.05) is 5.75 Å². The molecule has 60 valence electrons. The highest BCUT2D eigenvalue weighted by molar-refractivity contribution is 7.99. The van der Waals surface area contributed by atoms with E-state index in [1.165, 1.54) is 11.9 Å². The minimum atomic E-state index is 0.829. The summed E-state index contributed by atoms with van der Waals surface area (Å²) in [4.78, 5) is 4.03. The summed E-state index contributed by atoms with van der Waals surface area (Å²) in [7, 11) is 1.86.